The number of carbonyl (C=O) groups is 1. The minimum Gasteiger partial charge on any atom is -0.355 e. The van der Waals surface area contributed by atoms with E-state index in [1.54, 1.807) is 0 Å². The summed E-state index contributed by atoms with van der Waals surface area (Å²) in [6.07, 6.45) is 9.09. The van der Waals surface area contributed by atoms with Gasteiger partial charge in [-0.15, -0.1) is 0 Å². The van der Waals surface area contributed by atoms with Crippen molar-refractivity contribution in [2.24, 2.45) is 17.1 Å². The van der Waals surface area contributed by atoms with Crippen LogP contribution in [-0.4, -0.2) is 18.5 Å². The predicted octanol–water partition coefficient (Wildman–Crippen LogP) is 2.20. The van der Waals surface area contributed by atoms with Gasteiger partial charge in [0.1, 0.15) is 0 Å². The van der Waals surface area contributed by atoms with Crippen LogP contribution in [0.3, 0.4) is 0 Å². The first-order chi connectivity index (χ1) is 8.15. The van der Waals surface area contributed by atoms with Gasteiger partial charge in [-0.05, 0) is 50.4 Å². The van der Waals surface area contributed by atoms with Crippen molar-refractivity contribution in [1.29, 1.82) is 0 Å². The Hall–Kier alpha value is -0.570. The van der Waals surface area contributed by atoms with E-state index in [0.29, 0.717) is 11.5 Å². The number of hydrogen-bond donors (Lipinski definition) is 2. The average molecular weight is 238 g/mol. The third-order valence-corrected chi connectivity index (χ3v) is 4.94. The molecule has 0 atom stereocenters. The topological polar surface area (TPSA) is 55.1 Å². The van der Waals surface area contributed by atoms with Crippen molar-refractivity contribution in [3.05, 3.63) is 0 Å². The number of amides is 1. The molecule has 0 bridgehead atoms. The summed E-state index contributed by atoms with van der Waals surface area (Å²) >= 11 is 0. The fraction of sp³-hybridized carbons (Fsp3) is 0.929. The summed E-state index contributed by atoms with van der Waals surface area (Å²) in [5.41, 5.74) is 6.29. The van der Waals surface area contributed by atoms with Gasteiger partial charge in [0, 0.05) is 18.5 Å². The highest BCUT2D eigenvalue weighted by Gasteiger charge is 2.36. The molecule has 2 aliphatic rings. The first-order valence-corrected chi connectivity index (χ1v) is 7.18. The van der Waals surface area contributed by atoms with Crippen LogP contribution in [0.4, 0.5) is 0 Å². The lowest BCUT2D eigenvalue weighted by Gasteiger charge is -2.41. The van der Waals surface area contributed by atoms with Crippen LogP contribution in [-0.2, 0) is 4.79 Å². The van der Waals surface area contributed by atoms with Crippen LogP contribution >= 0.6 is 0 Å². The monoisotopic (exact) mass is 238 g/mol. The zero-order valence-electron chi connectivity index (χ0n) is 11.0. The summed E-state index contributed by atoms with van der Waals surface area (Å²) in [7, 11) is 0. The van der Waals surface area contributed by atoms with Gasteiger partial charge in [-0.3, -0.25) is 4.79 Å². The number of carbonyl (C=O) groups excluding carboxylic acids is 1. The third-order valence-electron chi connectivity index (χ3n) is 4.94. The van der Waals surface area contributed by atoms with Gasteiger partial charge in [0.05, 0.1) is 0 Å². The minimum absolute atomic E-state index is 0.226. The van der Waals surface area contributed by atoms with Crippen molar-refractivity contribution in [2.45, 2.75) is 64.3 Å². The second-order valence-corrected chi connectivity index (χ2v) is 6.04. The van der Waals surface area contributed by atoms with E-state index in [-0.39, 0.29) is 11.8 Å². The zero-order valence-corrected chi connectivity index (χ0v) is 11.0. The van der Waals surface area contributed by atoms with Crippen LogP contribution in [0, 0.1) is 11.3 Å². The van der Waals surface area contributed by atoms with Gasteiger partial charge in [-0.1, -0.05) is 13.3 Å². The Labute approximate surface area is 105 Å². The Kier molecular flexibility index (Phi) is 4.08. The lowest BCUT2D eigenvalue weighted by molar-refractivity contribution is -0.126. The Bertz CT molecular complexity index is 260. The molecule has 2 saturated carbocycles. The quantitative estimate of drug-likeness (QED) is 0.789. The average Bonchev–Trinajstić information content (AvgIpc) is 2.29. The summed E-state index contributed by atoms with van der Waals surface area (Å²) in [6, 6.07) is 0.327. The van der Waals surface area contributed by atoms with Gasteiger partial charge in [0.2, 0.25) is 5.91 Å². The molecular weight excluding hydrogens is 212 g/mol. The SMILES string of the molecule is CCC1(CNC(=O)C2CCC(N)CC2)CCC1. The highest BCUT2D eigenvalue weighted by Crippen LogP contribution is 2.43. The molecule has 0 unspecified atom stereocenters. The summed E-state index contributed by atoms with van der Waals surface area (Å²) in [5.74, 6) is 0.500. The maximum absolute atomic E-state index is 12.1. The number of rotatable bonds is 4. The normalized spacial score (nSPS) is 31.6. The molecule has 0 saturated heterocycles. The first-order valence-electron chi connectivity index (χ1n) is 7.18. The van der Waals surface area contributed by atoms with Crippen LogP contribution in [0.5, 0.6) is 0 Å². The molecule has 1 amide bonds. The summed E-state index contributed by atoms with van der Waals surface area (Å²) in [4.78, 5) is 12.1. The van der Waals surface area contributed by atoms with E-state index in [4.69, 9.17) is 5.73 Å². The molecule has 2 aliphatic carbocycles. The third kappa shape index (κ3) is 3.01. The highest BCUT2D eigenvalue weighted by molar-refractivity contribution is 5.78. The van der Waals surface area contributed by atoms with Crippen LogP contribution in [0.2, 0.25) is 0 Å². The fourth-order valence-electron chi connectivity index (χ4n) is 3.13. The maximum Gasteiger partial charge on any atom is 0.223 e. The molecule has 0 radical (unpaired) electrons. The molecule has 0 heterocycles. The van der Waals surface area contributed by atoms with Gasteiger partial charge >= 0.3 is 0 Å². The molecule has 0 spiro atoms. The van der Waals surface area contributed by atoms with Crippen molar-refractivity contribution < 1.29 is 4.79 Å². The van der Waals surface area contributed by atoms with Crippen molar-refractivity contribution >= 4 is 5.91 Å². The minimum atomic E-state index is 0.226. The van der Waals surface area contributed by atoms with E-state index >= 15 is 0 Å². The molecular formula is C14H26N2O. The molecule has 3 N–H and O–H groups in total. The maximum atomic E-state index is 12.1. The predicted molar refractivity (Wildman–Crippen MR) is 69.5 cm³/mol. The van der Waals surface area contributed by atoms with Gasteiger partial charge in [-0.2, -0.15) is 0 Å². The van der Waals surface area contributed by atoms with E-state index < -0.39 is 0 Å². The van der Waals surface area contributed by atoms with Crippen LogP contribution < -0.4 is 11.1 Å². The molecule has 3 heteroatoms. The highest BCUT2D eigenvalue weighted by atomic mass is 16.1. The number of nitrogens with two attached hydrogens (primary N) is 1. The molecule has 0 aromatic rings. The Morgan fingerprint density at radius 1 is 1.29 bits per heavy atom. The van der Waals surface area contributed by atoms with E-state index in [1.807, 2.05) is 0 Å². The van der Waals surface area contributed by atoms with E-state index in [9.17, 15) is 4.79 Å². The van der Waals surface area contributed by atoms with Crippen molar-refractivity contribution in [2.75, 3.05) is 6.54 Å². The smallest absolute Gasteiger partial charge is 0.223 e. The molecule has 0 aromatic heterocycles. The number of nitrogens with one attached hydrogen (secondary N) is 1. The van der Waals surface area contributed by atoms with Gasteiger partial charge in [0.25, 0.3) is 0 Å². The molecule has 17 heavy (non-hydrogen) atoms. The van der Waals surface area contributed by atoms with Crippen molar-refractivity contribution in [1.82, 2.24) is 5.32 Å². The van der Waals surface area contributed by atoms with Gasteiger partial charge in [-0.25, -0.2) is 0 Å². The van der Waals surface area contributed by atoms with Crippen LogP contribution in [0.25, 0.3) is 0 Å². The second kappa shape index (κ2) is 5.38. The first kappa shape index (κ1) is 12.9. The van der Waals surface area contributed by atoms with Crippen molar-refractivity contribution in [3.63, 3.8) is 0 Å². The zero-order chi connectivity index (χ0) is 12.3. The fourth-order valence-corrected chi connectivity index (χ4v) is 3.13. The lowest BCUT2D eigenvalue weighted by atomic mass is 9.67. The lowest BCUT2D eigenvalue weighted by Crippen LogP contribution is -2.44. The van der Waals surface area contributed by atoms with Gasteiger partial charge < -0.3 is 11.1 Å². The summed E-state index contributed by atoms with van der Waals surface area (Å²) < 4.78 is 0. The molecule has 98 valence electrons. The standard InChI is InChI=1S/C14H26N2O/c1-2-14(8-3-9-14)10-16-13(17)11-4-6-12(15)7-5-11/h11-12H,2-10,15H2,1H3,(H,16,17). The van der Waals surface area contributed by atoms with E-state index in [1.165, 1.54) is 25.7 Å². The second-order valence-electron chi connectivity index (χ2n) is 6.04. The Balaban J connectivity index is 1.73. The molecule has 0 aromatic carbocycles. The van der Waals surface area contributed by atoms with Crippen LogP contribution in [0.1, 0.15) is 58.3 Å². The summed E-state index contributed by atoms with van der Waals surface area (Å²) in [5, 5.41) is 3.18. The van der Waals surface area contributed by atoms with Gasteiger partial charge in [0.15, 0.2) is 0 Å². The largest absolute Gasteiger partial charge is 0.355 e. The molecule has 3 nitrogen and oxygen atoms in total. The summed E-state index contributed by atoms with van der Waals surface area (Å²) in [6.45, 7) is 3.13. The van der Waals surface area contributed by atoms with Crippen LogP contribution in [0.15, 0.2) is 0 Å². The Morgan fingerprint density at radius 3 is 2.41 bits per heavy atom. The van der Waals surface area contributed by atoms with Crippen molar-refractivity contribution in [3.8, 4) is 0 Å². The van der Waals surface area contributed by atoms with E-state index in [2.05, 4.69) is 12.2 Å². The molecule has 2 fully saturated rings. The number of hydrogen-bond acceptors (Lipinski definition) is 2. The molecule has 2 rings (SSSR count). The molecule has 0 aliphatic heterocycles. The van der Waals surface area contributed by atoms with E-state index in [0.717, 1.165) is 32.2 Å². The Morgan fingerprint density at radius 2 is 1.94 bits per heavy atom.